The fraction of sp³-hybridized carbons (Fsp3) is 0.250. The van der Waals surface area contributed by atoms with Gasteiger partial charge in [-0.05, 0) is 46.2 Å². The van der Waals surface area contributed by atoms with Crippen LogP contribution in [0.5, 0.6) is 0 Å². The minimum absolute atomic E-state index is 0.0134. The number of nitrogens with zero attached hydrogens (tertiary/aromatic N) is 2. The molecule has 0 amide bonds. The predicted octanol–water partition coefficient (Wildman–Crippen LogP) is 6.90. The Bertz CT molecular complexity index is 1380. The lowest BCUT2D eigenvalue weighted by Crippen LogP contribution is -2.39. The molecule has 0 aliphatic rings. The van der Waals surface area contributed by atoms with E-state index in [0.29, 0.717) is 0 Å². The van der Waals surface area contributed by atoms with E-state index in [1.165, 1.54) is 33.4 Å². The Kier molecular flexibility index (Phi) is 11.9. The molecule has 0 saturated carbocycles. The van der Waals surface area contributed by atoms with Gasteiger partial charge in [0.05, 0.1) is 13.2 Å². The first-order chi connectivity index (χ1) is 21.7. The number of aliphatic hydroxyl groups excluding tert-OH is 2. The van der Waals surface area contributed by atoms with Gasteiger partial charge in [0.2, 0.25) is 0 Å². The molecule has 0 saturated heterocycles. The molecule has 2 atom stereocenters. The van der Waals surface area contributed by atoms with Gasteiger partial charge >= 0.3 is 0 Å². The summed E-state index contributed by atoms with van der Waals surface area (Å²) in [6.07, 6.45) is 1.57. The number of rotatable bonds is 16. The average molecular weight is 585 g/mol. The molecule has 4 heteroatoms. The lowest BCUT2D eigenvalue weighted by molar-refractivity contribution is 0.107. The average Bonchev–Trinajstić information content (AvgIpc) is 3.07. The first-order valence-corrected chi connectivity index (χ1v) is 15.6. The highest BCUT2D eigenvalue weighted by Crippen LogP contribution is 2.21. The first-order valence-electron chi connectivity index (χ1n) is 15.6. The van der Waals surface area contributed by atoms with Crippen LogP contribution < -0.4 is 0 Å². The van der Waals surface area contributed by atoms with Crippen molar-refractivity contribution in [3.8, 4) is 0 Å². The minimum Gasteiger partial charge on any atom is -0.395 e. The third-order valence-electron chi connectivity index (χ3n) is 8.30. The number of benzene rings is 5. The van der Waals surface area contributed by atoms with E-state index in [0.717, 1.165) is 39.0 Å². The molecule has 0 aliphatic carbocycles. The van der Waals surface area contributed by atoms with Crippen LogP contribution in [0.15, 0.2) is 146 Å². The molecular formula is C40H44N2O2. The van der Waals surface area contributed by atoms with E-state index >= 15 is 0 Å². The van der Waals surface area contributed by atoms with Crippen molar-refractivity contribution in [1.29, 1.82) is 0 Å². The first kappa shape index (κ1) is 31.4. The normalized spacial score (nSPS) is 12.8. The topological polar surface area (TPSA) is 46.9 Å². The molecule has 2 N–H and O–H groups in total. The lowest BCUT2D eigenvalue weighted by Gasteiger charge is -2.32. The van der Waals surface area contributed by atoms with E-state index in [2.05, 4.69) is 131 Å². The van der Waals surface area contributed by atoms with E-state index < -0.39 is 0 Å². The summed E-state index contributed by atoms with van der Waals surface area (Å²) in [4.78, 5) is 4.80. The van der Waals surface area contributed by atoms with E-state index in [1.54, 1.807) is 0 Å². The predicted molar refractivity (Wildman–Crippen MR) is 180 cm³/mol. The van der Waals surface area contributed by atoms with Crippen LogP contribution in [0.4, 0.5) is 0 Å². The molecule has 5 aromatic rings. The molecule has 0 heterocycles. The van der Waals surface area contributed by atoms with Crippen LogP contribution in [0.2, 0.25) is 0 Å². The zero-order valence-corrected chi connectivity index (χ0v) is 25.5. The molecule has 5 aromatic carbocycles. The number of hydrogen-bond donors (Lipinski definition) is 2. The van der Waals surface area contributed by atoms with Gasteiger partial charge in [0.15, 0.2) is 0 Å². The summed E-state index contributed by atoms with van der Waals surface area (Å²) >= 11 is 0. The van der Waals surface area contributed by atoms with E-state index in [4.69, 9.17) is 0 Å². The minimum atomic E-state index is -0.0134. The molecule has 5 rings (SSSR count). The molecule has 0 fully saturated rings. The van der Waals surface area contributed by atoms with Crippen LogP contribution in [0, 0.1) is 0 Å². The maximum atomic E-state index is 10.6. The molecule has 226 valence electrons. The maximum absolute atomic E-state index is 10.6. The largest absolute Gasteiger partial charge is 0.395 e. The second-order valence-electron chi connectivity index (χ2n) is 11.7. The SMILES string of the molecule is OC[C@@H](Cc1ccccc1)N(Cc1ccccc1)Cc1cccc(CN(Cc2ccccc2)[C@@H](CO)Cc2ccccc2)c1. The smallest absolute Gasteiger partial charge is 0.0590 e. The fourth-order valence-corrected chi connectivity index (χ4v) is 5.95. The van der Waals surface area contributed by atoms with Crippen LogP contribution in [-0.4, -0.2) is 45.3 Å². The third kappa shape index (κ3) is 9.47. The Labute approximate surface area is 262 Å². The zero-order valence-electron chi connectivity index (χ0n) is 25.5. The highest BCUT2D eigenvalue weighted by Gasteiger charge is 2.22. The van der Waals surface area contributed by atoms with Gasteiger partial charge in [-0.15, -0.1) is 0 Å². The van der Waals surface area contributed by atoms with Crippen molar-refractivity contribution in [1.82, 2.24) is 9.80 Å². The summed E-state index contributed by atoms with van der Waals surface area (Å²) in [6.45, 7) is 3.15. The van der Waals surface area contributed by atoms with Crippen LogP contribution in [0.3, 0.4) is 0 Å². The summed E-state index contributed by atoms with van der Waals surface area (Å²) in [6, 6.07) is 50.7. The standard InChI is InChI=1S/C40H44N2O2/c43-31-39(25-33-14-5-1-6-15-33)41(27-35-18-9-3-10-19-35)29-37-22-13-23-38(24-37)30-42(28-36-20-11-4-12-21-36)40(32-44)26-34-16-7-2-8-17-34/h1-24,39-40,43-44H,25-32H2/t39-,40-/m1/s1. The monoisotopic (exact) mass is 584 g/mol. The summed E-state index contributed by atoms with van der Waals surface area (Å²) < 4.78 is 0. The molecule has 0 unspecified atom stereocenters. The van der Waals surface area contributed by atoms with Gasteiger partial charge in [-0.1, -0.05) is 146 Å². The molecule has 0 aromatic heterocycles. The van der Waals surface area contributed by atoms with Crippen molar-refractivity contribution in [3.63, 3.8) is 0 Å². The van der Waals surface area contributed by atoms with Gasteiger partial charge in [0, 0.05) is 38.3 Å². The fourth-order valence-electron chi connectivity index (χ4n) is 5.95. The molecule has 44 heavy (non-hydrogen) atoms. The summed E-state index contributed by atoms with van der Waals surface area (Å²) in [7, 11) is 0. The second kappa shape index (κ2) is 16.7. The Morgan fingerprint density at radius 1 is 0.364 bits per heavy atom. The summed E-state index contributed by atoms with van der Waals surface area (Å²) in [5.74, 6) is 0. The number of hydrogen-bond acceptors (Lipinski definition) is 4. The molecule has 0 radical (unpaired) electrons. The number of aliphatic hydroxyl groups is 2. The van der Waals surface area contributed by atoms with E-state index in [-0.39, 0.29) is 25.3 Å². The van der Waals surface area contributed by atoms with Gasteiger partial charge in [0.25, 0.3) is 0 Å². The maximum Gasteiger partial charge on any atom is 0.0590 e. The lowest BCUT2D eigenvalue weighted by atomic mass is 10.0. The van der Waals surface area contributed by atoms with Crippen LogP contribution in [0.1, 0.15) is 33.4 Å². The molecule has 0 bridgehead atoms. The van der Waals surface area contributed by atoms with Gasteiger partial charge in [-0.2, -0.15) is 0 Å². The van der Waals surface area contributed by atoms with Crippen LogP contribution in [0.25, 0.3) is 0 Å². The zero-order chi connectivity index (χ0) is 30.4. The molecular weight excluding hydrogens is 540 g/mol. The van der Waals surface area contributed by atoms with Crippen molar-refractivity contribution >= 4 is 0 Å². The van der Waals surface area contributed by atoms with E-state index in [1.807, 2.05) is 24.3 Å². The molecule has 4 nitrogen and oxygen atoms in total. The van der Waals surface area contributed by atoms with Gasteiger partial charge in [-0.3, -0.25) is 9.80 Å². The highest BCUT2D eigenvalue weighted by atomic mass is 16.3. The van der Waals surface area contributed by atoms with Crippen molar-refractivity contribution in [3.05, 3.63) is 179 Å². The highest BCUT2D eigenvalue weighted by molar-refractivity contribution is 5.26. The summed E-state index contributed by atoms with van der Waals surface area (Å²) in [5.41, 5.74) is 7.35. The second-order valence-corrected chi connectivity index (χ2v) is 11.7. The van der Waals surface area contributed by atoms with Crippen molar-refractivity contribution in [2.75, 3.05) is 13.2 Å². The van der Waals surface area contributed by atoms with Gasteiger partial charge < -0.3 is 10.2 Å². The van der Waals surface area contributed by atoms with E-state index in [9.17, 15) is 10.2 Å². The Balaban J connectivity index is 1.37. The van der Waals surface area contributed by atoms with Crippen molar-refractivity contribution in [2.24, 2.45) is 0 Å². The Hall–Kier alpha value is -4.06. The third-order valence-corrected chi connectivity index (χ3v) is 8.30. The summed E-state index contributed by atoms with van der Waals surface area (Å²) in [5, 5.41) is 21.1. The Morgan fingerprint density at radius 3 is 1.00 bits per heavy atom. The van der Waals surface area contributed by atoms with Gasteiger partial charge in [-0.25, -0.2) is 0 Å². The molecule has 0 spiro atoms. The van der Waals surface area contributed by atoms with Crippen LogP contribution in [-0.2, 0) is 39.0 Å². The Morgan fingerprint density at radius 2 is 0.659 bits per heavy atom. The quantitative estimate of drug-likeness (QED) is 0.133. The molecule has 0 aliphatic heterocycles. The van der Waals surface area contributed by atoms with Crippen molar-refractivity contribution in [2.45, 2.75) is 51.1 Å². The van der Waals surface area contributed by atoms with Crippen LogP contribution >= 0.6 is 0 Å². The van der Waals surface area contributed by atoms with Crippen molar-refractivity contribution < 1.29 is 10.2 Å². The van der Waals surface area contributed by atoms with Gasteiger partial charge in [0.1, 0.15) is 0 Å².